The molecular weight excluding hydrogens is 298 g/mol. The number of nitriles is 1. The van der Waals surface area contributed by atoms with Crippen molar-refractivity contribution < 1.29 is 8.42 Å². The molecule has 0 radical (unpaired) electrons. The number of rotatable bonds is 4. The molecule has 1 atom stereocenters. The van der Waals surface area contributed by atoms with Crippen molar-refractivity contribution in [3.8, 4) is 6.07 Å². The fourth-order valence-electron chi connectivity index (χ4n) is 2.31. The Kier molecular flexibility index (Phi) is 4.66. The Morgan fingerprint density at radius 3 is 2.85 bits per heavy atom. The van der Waals surface area contributed by atoms with Gasteiger partial charge in [0.25, 0.3) is 0 Å². The third-order valence-electron chi connectivity index (χ3n) is 3.53. The van der Waals surface area contributed by atoms with Gasteiger partial charge in [0.1, 0.15) is 4.90 Å². The number of benzene rings is 1. The van der Waals surface area contributed by atoms with Crippen molar-refractivity contribution >= 4 is 21.6 Å². The number of nitrogens with zero attached hydrogens (tertiary/aromatic N) is 2. The molecule has 0 bridgehead atoms. The molecule has 1 heterocycles. The van der Waals surface area contributed by atoms with E-state index in [9.17, 15) is 8.42 Å². The number of halogens is 1. The third kappa shape index (κ3) is 3.30. The minimum atomic E-state index is -3.64. The lowest BCUT2D eigenvalue weighted by Gasteiger charge is -2.19. The fourth-order valence-corrected chi connectivity index (χ4v) is 3.92. The summed E-state index contributed by atoms with van der Waals surface area (Å²) in [6, 6.07) is 6.31. The summed E-state index contributed by atoms with van der Waals surface area (Å²) >= 11 is 5.94. The van der Waals surface area contributed by atoms with Crippen LogP contribution in [0.2, 0.25) is 5.02 Å². The summed E-state index contributed by atoms with van der Waals surface area (Å²) in [6.45, 7) is 1.36. The predicted octanol–water partition coefficient (Wildman–Crippen LogP) is 1.58. The Hall–Kier alpha value is -1.13. The summed E-state index contributed by atoms with van der Waals surface area (Å²) in [4.78, 5) is 2.15. The molecule has 0 spiro atoms. The van der Waals surface area contributed by atoms with E-state index in [2.05, 4.69) is 9.62 Å². The van der Waals surface area contributed by atoms with Gasteiger partial charge in [-0.2, -0.15) is 5.26 Å². The van der Waals surface area contributed by atoms with Crippen LogP contribution in [-0.2, 0) is 10.0 Å². The van der Waals surface area contributed by atoms with Crippen LogP contribution in [0.3, 0.4) is 0 Å². The fraction of sp³-hybridized carbons (Fsp3) is 0.462. The number of hydrogen-bond acceptors (Lipinski definition) is 4. The highest BCUT2D eigenvalue weighted by molar-refractivity contribution is 7.89. The first-order valence-electron chi connectivity index (χ1n) is 6.33. The monoisotopic (exact) mass is 313 g/mol. The molecule has 2 rings (SSSR count). The average molecular weight is 314 g/mol. The van der Waals surface area contributed by atoms with E-state index in [-0.39, 0.29) is 16.0 Å². The van der Waals surface area contributed by atoms with Crippen LogP contribution in [0.4, 0.5) is 0 Å². The summed E-state index contributed by atoms with van der Waals surface area (Å²) in [6.07, 6.45) is 2.07. The molecule has 1 N–H and O–H groups in total. The van der Waals surface area contributed by atoms with Crippen molar-refractivity contribution in [2.45, 2.75) is 23.8 Å². The van der Waals surface area contributed by atoms with Crippen LogP contribution in [0.15, 0.2) is 23.1 Å². The summed E-state index contributed by atoms with van der Waals surface area (Å²) in [5, 5.41) is 8.82. The first kappa shape index (κ1) is 15.3. The van der Waals surface area contributed by atoms with E-state index < -0.39 is 10.0 Å². The van der Waals surface area contributed by atoms with Crippen molar-refractivity contribution in [1.82, 2.24) is 9.62 Å². The molecule has 1 aliphatic rings. The summed E-state index contributed by atoms with van der Waals surface area (Å²) < 4.78 is 27.0. The normalized spacial score (nSPS) is 19.9. The summed E-state index contributed by atoms with van der Waals surface area (Å²) in [5.74, 6) is 0. The van der Waals surface area contributed by atoms with Gasteiger partial charge in [0.15, 0.2) is 0 Å². The van der Waals surface area contributed by atoms with Crippen molar-refractivity contribution in [3.05, 3.63) is 28.8 Å². The molecule has 0 saturated carbocycles. The first-order valence-corrected chi connectivity index (χ1v) is 8.20. The van der Waals surface area contributed by atoms with E-state index in [0.29, 0.717) is 12.1 Å². The SMILES string of the molecule is CN1CCCC1CNS(=O)(=O)c1ccc(C#N)cc1Cl. The van der Waals surface area contributed by atoms with Crippen molar-refractivity contribution in [2.24, 2.45) is 0 Å². The zero-order chi connectivity index (χ0) is 14.8. The number of likely N-dealkylation sites (tertiary alicyclic amines) is 1. The van der Waals surface area contributed by atoms with Crippen molar-refractivity contribution in [2.75, 3.05) is 20.1 Å². The smallest absolute Gasteiger partial charge is 0.242 e. The maximum Gasteiger partial charge on any atom is 0.242 e. The third-order valence-corrected chi connectivity index (χ3v) is 5.44. The van der Waals surface area contributed by atoms with E-state index in [0.717, 1.165) is 19.4 Å². The Balaban J connectivity index is 2.12. The van der Waals surface area contributed by atoms with Crippen LogP contribution >= 0.6 is 11.6 Å². The van der Waals surface area contributed by atoms with Crippen molar-refractivity contribution in [3.63, 3.8) is 0 Å². The molecule has 1 unspecified atom stereocenters. The van der Waals surface area contributed by atoms with Crippen LogP contribution in [0.25, 0.3) is 0 Å². The molecule has 1 saturated heterocycles. The van der Waals surface area contributed by atoms with Crippen LogP contribution in [0.5, 0.6) is 0 Å². The second kappa shape index (κ2) is 6.10. The molecular formula is C13H16ClN3O2S. The van der Waals surface area contributed by atoms with Crippen LogP contribution < -0.4 is 4.72 Å². The number of hydrogen-bond donors (Lipinski definition) is 1. The topological polar surface area (TPSA) is 73.2 Å². The lowest BCUT2D eigenvalue weighted by atomic mass is 10.2. The second-order valence-corrected chi connectivity index (χ2v) is 7.03. The molecule has 1 aliphatic heterocycles. The van der Waals surface area contributed by atoms with Gasteiger partial charge in [0.05, 0.1) is 16.7 Å². The molecule has 0 aromatic heterocycles. The lowest BCUT2D eigenvalue weighted by Crippen LogP contribution is -2.38. The molecule has 5 nitrogen and oxygen atoms in total. The summed E-state index contributed by atoms with van der Waals surface area (Å²) in [5.41, 5.74) is 0.337. The first-order chi connectivity index (χ1) is 9.44. The minimum Gasteiger partial charge on any atom is -0.302 e. The number of sulfonamides is 1. The highest BCUT2D eigenvalue weighted by Gasteiger charge is 2.24. The largest absolute Gasteiger partial charge is 0.302 e. The van der Waals surface area contributed by atoms with Gasteiger partial charge in [-0.05, 0) is 44.6 Å². The highest BCUT2D eigenvalue weighted by atomic mass is 35.5. The number of nitrogens with one attached hydrogen (secondary N) is 1. The Morgan fingerprint density at radius 2 is 2.30 bits per heavy atom. The Labute approximate surface area is 124 Å². The molecule has 108 valence electrons. The molecule has 1 aromatic rings. The van der Waals surface area contributed by atoms with E-state index in [1.54, 1.807) is 0 Å². The van der Waals surface area contributed by atoms with E-state index >= 15 is 0 Å². The van der Waals surface area contributed by atoms with Crippen LogP contribution in [0.1, 0.15) is 18.4 Å². The average Bonchev–Trinajstić information content (AvgIpc) is 2.81. The Bertz CT molecular complexity index is 640. The van der Waals surface area contributed by atoms with Gasteiger partial charge < -0.3 is 4.90 Å². The van der Waals surface area contributed by atoms with Gasteiger partial charge in [-0.15, -0.1) is 0 Å². The van der Waals surface area contributed by atoms with Gasteiger partial charge in [0.2, 0.25) is 10.0 Å². The molecule has 20 heavy (non-hydrogen) atoms. The molecule has 0 aliphatic carbocycles. The van der Waals surface area contributed by atoms with Crippen LogP contribution in [0, 0.1) is 11.3 Å². The van der Waals surface area contributed by atoms with Gasteiger partial charge in [-0.1, -0.05) is 11.6 Å². The van der Waals surface area contributed by atoms with E-state index in [4.69, 9.17) is 16.9 Å². The maximum absolute atomic E-state index is 12.2. The summed E-state index contributed by atoms with van der Waals surface area (Å²) in [7, 11) is -1.66. The minimum absolute atomic E-state index is 0.0128. The van der Waals surface area contributed by atoms with Gasteiger partial charge in [0, 0.05) is 12.6 Å². The van der Waals surface area contributed by atoms with E-state index in [1.165, 1.54) is 18.2 Å². The van der Waals surface area contributed by atoms with Gasteiger partial charge in [-0.25, -0.2) is 13.1 Å². The van der Waals surface area contributed by atoms with Crippen LogP contribution in [-0.4, -0.2) is 39.5 Å². The Morgan fingerprint density at radius 1 is 1.55 bits per heavy atom. The zero-order valence-electron chi connectivity index (χ0n) is 11.1. The van der Waals surface area contributed by atoms with Crippen molar-refractivity contribution in [1.29, 1.82) is 5.26 Å². The zero-order valence-corrected chi connectivity index (χ0v) is 12.7. The molecule has 1 fully saturated rings. The highest BCUT2D eigenvalue weighted by Crippen LogP contribution is 2.23. The second-order valence-electron chi connectivity index (χ2n) is 4.89. The maximum atomic E-state index is 12.2. The lowest BCUT2D eigenvalue weighted by molar-refractivity contribution is 0.311. The molecule has 1 aromatic carbocycles. The van der Waals surface area contributed by atoms with Gasteiger partial charge >= 0.3 is 0 Å². The van der Waals surface area contributed by atoms with E-state index in [1.807, 2.05) is 13.1 Å². The molecule has 0 amide bonds. The van der Waals surface area contributed by atoms with Gasteiger partial charge in [-0.3, -0.25) is 0 Å². The molecule has 7 heteroatoms. The standard InChI is InChI=1S/C13H16ClN3O2S/c1-17-6-2-3-11(17)9-16-20(18,19)13-5-4-10(8-15)7-12(13)14/h4-5,7,11,16H,2-3,6,9H2,1H3. The predicted molar refractivity (Wildman–Crippen MR) is 77.0 cm³/mol. The quantitative estimate of drug-likeness (QED) is 0.916. The number of likely N-dealkylation sites (N-methyl/N-ethyl adjacent to an activating group) is 1.